The van der Waals surface area contributed by atoms with Crippen molar-refractivity contribution in [1.29, 1.82) is 0 Å². The van der Waals surface area contributed by atoms with Gasteiger partial charge in [-0.25, -0.2) is 23.4 Å². The number of hydrogen-bond acceptors (Lipinski definition) is 9. The lowest BCUT2D eigenvalue weighted by Crippen LogP contribution is -2.17. The molecule has 1 fully saturated rings. The number of fused-ring (bicyclic) bond motifs is 1. The van der Waals surface area contributed by atoms with Gasteiger partial charge in [-0.3, -0.25) is 0 Å². The zero-order chi connectivity index (χ0) is 28.8. The van der Waals surface area contributed by atoms with Gasteiger partial charge in [-0.05, 0) is 44.4 Å². The van der Waals surface area contributed by atoms with E-state index in [1.165, 1.54) is 6.20 Å². The molecule has 6 aromatic rings. The molecule has 0 bridgehead atoms. The molecular formula is C29H28N10O2S. The first-order valence-corrected chi connectivity index (χ1v) is 15.2. The summed E-state index contributed by atoms with van der Waals surface area (Å²) in [5, 5.41) is 17.3. The van der Waals surface area contributed by atoms with Crippen molar-refractivity contribution in [3.05, 3.63) is 85.1 Å². The second-order valence-electron chi connectivity index (χ2n) is 10.6. The molecule has 12 nitrogen and oxygen atoms in total. The third kappa shape index (κ3) is 4.91. The van der Waals surface area contributed by atoms with E-state index < -0.39 is 10.0 Å². The fourth-order valence-corrected chi connectivity index (χ4v) is 6.33. The van der Waals surface area contributed by atoms with E-state index in [-0.39, 0.29) is 11.3 Å². The van der Waals surface area contributed by atoms with E-state index in [0.29, 0.717) is 42.5 Å². The van der Waals surface area contributed by atoms with Gasteiger partial charge in [0.2, 0.25) is 0 Å². The van der Waals surface area contributed by atoms with E-state index >= 15 is 0 Å². The van der Waals surface area contributed by atoms with Crippen LogP contribution in [-0.4, -0.2) is 57.4 Å². The van der Waals surface area contributed by atoms with E-state index in [0.717, 1.165) is 31.8 Å². The first-order valence-electron chi connectivity index (χ1n) is 13.7. The second-order valence-corrected chi connectivity index (χ2v) is 12.7. The number of anilines is 2. The normalized spacial score (nSPS) is 13.7. The summed E-state index contributed by atoms with van der Waals surface area (Å²) in [7, 11) is -3.46. The van der Waals surface area contributed by atoms with E-state index in [9.17, 15) is 8.42 Å². The molecule has 42 heavy (non-hydrogen) atoms. The van der Waals surface area contributed by atoms with Crippen molar-refractivity contribution in [1.82, 2.24) is 43.7 Å². The van der Waals surface area contributed by atoms with Crippen molar-refractivity contribution >= 4 is 32.6 Å². The van der Waals surface area contributed by atoms with Crippen LogP contribution in [0.1, 0.15) is 38.3 Å². The van der Waals surface area contributed by atoms with Gasteiger partial charge in [-0.2, -0.15) is 24.2 Å². The molecule has 0 atom stereocenters. The Kier molecular flexibility index (Phi) is 6.30. The van der Waals surface area contributed by atoms with Gasteiger partial charge in [0.1, 0.15) is 23.0 Å². The second kappa shape index (κ2) is 10.2. The molecule has 1 aromatic carbocycles. The summed E-state index contributed by atoms with van der Waals surface area (Å²) in [6.07, 6.45) is 10.1. The highest BCUT2D eigenvalue weighted by atomic mass is 32.2. The van der Waals surface area contributed by atoms with Crippen molar-refractivity contribution in [2.24, 2.45) is 0 Å². The zero-order valence-electron chi connectivity index (χ0n) is 23.0. The van der Waals surface area contributed by atoms with Crippen LogP contribution in [0.4, 0.5) is 11.6 Å². The van der Waals surface area contributed by atoms with Crippen LogP contribution < -0.4 is 5.32 Å². The maximum Gasteiger partial charge on any atom is 0.256 e. The Bertz CT molecular complexity index is 2010. The van der Waals surface area contributed by atoms with Crippen LogP contribution in [0.25, 0.3) is 33.7 Å². The van der Waals surface area contributed by atoms with Crippen molar-refractivity contribution in [3.8, 4) is 22.8 Å². The van der Waals surface area contributed by atoms with Crippen LogP contribution >= 0.6 is 0 Å². The monoisotopic (exact) mass is 580 g/mol. The molecule has 0 radical (unpaired) electrons. The minimum absolute atomic E-state index is 0.198. The molecule has 5 heterocycles. The maximum absolute atomic E-state index is 12.5. The molecule has 0 spiro atoms. The quantitative estimate of drug-likeness (QED) is 0.259. The number of aromatic nitrogens is 9. The molecule has 1 saturated carbocycles. The number of rotatable bonds is 9. The van der Waals surface area contributed by atoms with Gasteiger partial charge in [0.25, 0.3) is 10.0 Å². The number of nitrogens with zero attached hydrogens (tertiary/aromatic N) is 9. The first-order chi connectivity index (χ1) is 20.3. The first kappa shape index (κ1) is 26.0. The predicted octanol–water partition coefficient (Wildman–Crippen LogP) is 4.66. The summed E-state index contributed by atoms with van der Waals surface area (Å²) in [5.74, 6) is 1.43. The Labute approximate surface area is 242 Å². The molecule has 1 N–H and O–H groups in total. The molecule has 1 aliphatic carbocycles. The zero-order valence-corrected chi connectivity index (χ0v) is 23.8. The van der Waals surface area contributed by atoms with E-state index in [4.69, 9.17) is 5.10 Å². The van der Waals surface area contributed by atoms with Gasteiger partial charge in [-0.15, -0.1) is 0 Å². The molecule has 212 valence electrons. The summed E-state index contributed by atoms with van der Waals surface area (Å²) >= 11 is 0. The standard InChI is InChI=1S/C29H28N10O2S/c1-19(2)37-18-23(25-16-32-38(35-25)17-20-6-4-3-5-7-20)22-15-31-28(14-26(22)37)33-27-10-12-30-29(34-27)24-11-13-39(36-24)42(40,41)21-8-9-21/h3-7,10-16,18-19,21H,8-9,17H2,1-2H3,(H,30,31,33,34). The smallest absolute Gasteiger partial charge is 0.256 e. The van der Waals surface area contributed by atoms with E-state index in [1.54, 1.807) is 29.3 Å². The molecule has 5 aromatic heterocycles. The Morgan fingerprint density at radius 3 is 2.60 bits per heavy atom. The van der Waals surface area contributed by atoms with Gasteiger partial charge in [0, 0.05) is 47.8 Å². The van der Waals surface area contributed by atoms with Crippen LogP contribution in [0.15, 0.2) is 79.5 Å². The number of hydrogen-bond donors (Lipinski definition) is 1. The fourth-order valence-electron chi connectivity index (χ4n) is 4.86. The van der Waals surface area contributed by atoms with Gasteiger partial charge >= 0.3 is 0 Å². The van der Waals surface area contributed by atoms with E-state index in [2.05, 4.69) is 67.2 Å². The third-order valence-electron chi connectivity index (χ3n) is 7.17. The summed E-state index contributed by atoms with van der Waals surface area (Å²) < 4.78 is 28.3. The summed E-state index contributed by atoms with van der Waals surface area (Å²) in [6, 6.07) is 15.6. The van der Waals surface area contributed by atoms with Gasteiger partial charge in [0.15, 0.2) is 5.82 Å². The lowest BCUT2D eigenvalue weighted by Gasteiger charge is -2.10. The van der Waals surface area contributed by atoms with E-state index in [1.807, 2.05) is 30.5 Å². The topological polar surface area (TPSA) is 138 Å². The van der Waals surface area contributed by atoms with Gasteiger partial charge in [0.05, 0.1) is 23.5 Å². The molecule has 7 rings (SSSR count). The number of pyridine rings is 1. The minimum atomic E-state index is -3.46. The largest absolute Gasteiger partial charge is 0.344 e. The van der Waals surface area contributed by atoms with Gasteiger partial charge < -0.3 is 9.88 Å². The Morgan fingerprint density at radius 1 is 0.976 bits per heavy atom. The highest BCUT2D eigenvalue weighted by molar-refractivity contribution is 7.90. The average Bonchev–Trinajstić information content (AvgIpc) is 3.37. The van der Waals surface area contributed by atoms with Crippen LogP contribution in [0.3, 0.4) is 0 Å². The van der Waals surface area contributed by atoms with Crippen molar-refractivity contribution < 1.29 is 8.42 Å². The average molecular weight is 581 g/mol. The van der Waals surface area contributed by atoms with Crippen LogP contribution in [0, 0.1) is 0 Å². The Morgan fingerprint density at radius 2 is 1.81 bits per heavy atom. The van der Waals surface area contributed by atoms with Crippen LogP contribution in [0.2, 0.25) is 0 Å². The molecule has 0 amide bonds. The summed E-state index contributed by atoms with van der Waals surface area (Å²) in [4.78, 5) is 15.2. The van der Waals surface area contributed by atoms with Gasteiger partial charge in [-0.1, -0.05) is 30.3 Å². The van der Waals surface area contributed by atoms with Crippen molar-refractivity contribution in [2.75, 3.05) is 5.32 Å². The highest BCUT2D eigenvalue weighted by Gasteiger charge is 2.37. The lowest BCUT2D eigenvalue weighted by atomic mass is 10.2. The molecule has 13 heteroatoms. The number of benzene rings is 1. The fraction of sp³-hybridized carbons (Fsp3) is 0.241. The summed E-state index contributed by atoms with van der Waals surface area (Å²) in [6.45, 7) is 4.85. The third-order valence-corrected chi connectivity index (χ3v) is 9.21. The maximum atomic E-state index is 12.5. The minimum Gasteiger partial charge on any atom is -0.344 e. The SMILES string of the molecule is CC(C)n1cc(-c2cnn(Cc3ccccc3)n2)c2cnc(Nc3ccnc(-c4ccn(S(=O)(=O)C5CC5)n4)n3)cc21. The highest BCUT2D eigenvalue weighted by Crippen LogP contribution is 2.33. The molecular weight excluding hydrogens is 552 g/mol. The predicted molar refractivity (Wildman–Crippen MR) is 159 cm³/mol. The molecule has 0 aliphatic heterocycles. The van der Waals surface area contributed by atoms with Crippen molar-refractivity contribution in [2.45, 2.75) is 44.5 Å². The van der Waals surface area contributed by atoms with Crippen LogP contribution in [0.5, 0.6) is 0 Å². The number of nitrogens with one attached hydrogen (secondary N) is 1. The molecule has 0 saturated heterocycles. The Balaban J connectivity index is 1.16. The summed E-state index contributed by atoms with van der Waals surface area (Å²) in [5.41, 5.74) is 4.24. The molecule has 1 aliphatic rings. The lowest BCUT2D eigenvalue weighted by molar-refractivity contribution is 0.579. The molecule has 0 unspecified atom stereocenters. The van der Waals surface area contributed by atoms with Crippen LogP contribution in [-0.2, 0) is 16.6 Å². The Hall–Kier alpha value is -4.91. The van der Waals surface area contributed by atoms with Crippen molar-refractivity contribution in [3.63, 3.8) is 0 Å².